The molecule has 0 saturated heterocycles. The summed E-state index contributed by atoms with van der Waals surface area (Å²) in [6.45, 7) is 7.06. The van der Waals surface area contributed by atoms with Gasteiger partial charge in [0.25, 0.3) is 0 Å². The fourth-order valence-electron chi connectivity index (χ4n) is 2.30. The molecule has 2 rings (SSSR count). The Morgan fingerprint density at radius 2 is 2.11 bits per heavy atom. The smallest absolute Gasteiger partial charge is 0.322 e. The Labute approximate surface area is 112 Å². The van der Waals surface area contributed by atoms with Gasteiger partial charge >= 0.3 is 6.01 Å². The molecule has 7 heteroatoms. The minimum Gasteiger partial charge on any atom is -0.467 e. The van der Waals surface area contributed by atoms with Crippen molar-refractivity contribution < 1.29 is 9.47 Å². The molecule has 2 atom stereocenters. The van der Waals surface area contributed by atoms with Crippen LogP contribution in [0.3, 0.4) is 0 Å². The van der Waals surface area contributed by atoms with Crippen LogP contribution in [0.4, 0.5) is 11.9 Å². The minimum atomic E-state index is 0.0324. The number of methoxy groups -OCH3 is 1. The monoisotopic (exact) mass is 267 g/mol. The number of anilines is 2. The molecular formula is C12H21N5O2. The van der Waals surface area contributed by atoms with E-state index in [1.165, 1.54) is 7.11 Å². The van der Waals surface area contributed by atoms with Crippen LogP contribution in [0.1, 0.15) is 27.2 Å². The third-order valence-electron chi connectivity index (χ3n) is 3.66. The largest absolute Gasteiger partial charge is 0.467 e. The summed E-state index contributed by atoms with van der Waals surface area (Å²) in [5.74, 6) is 0.588. The highest BCUT2D eigenvalue weighted by molar-refractivity contribution is 5.35. The van der Waals surface area contributed by atoms with Gasteiger partial charge in [-0.15, -0.1) is 0 Å². The Kier molecular flexibility index (Phi) is 3.75. The summed E-state index contributed by atoms with van der Waals surface area (Å²) in [5.41, 5.74) is 5.64. The normalized spacial score (nSPS) is 24.6. The summed E-state index contributed by atoms with van der Waals surface area (Å²) in [4.78, 5) is 12.1. The summed E-state index contributed by atoms with van der Waals surface area (Å²) < 4.78 is 10.7. The Balaban J connectivity index is 2.05. The Bertz CT molecular complexity index is 452. The quantitative estimate of drug-likeness (QED) is 0.824. The number of nitrogens with one attached hydrogen (secondary N) is 1. The molecule has 0 spiro atoms. The first-order valence-corrected chi connectivity index (χ1v) is 6.41. The molecule has 0 bridgehead atoms. The van der Waals surface area contributed by atoms with Crippen LogP contribution < -0.4 is 15.8 Å². The second kappa shape index (κ2) is 5.16. The molecule has 0 radical (unpaired) electrons. The highest BCUT2D eigenvalue weighted by atomic mass is 16.5. The van der Waals surface area contributed by atoms with E-state index in [1.807, 2.05) is 6.92 Å². The van der Waals surface area contributed by atoms with Crippen molar-refractivity contribution in [3.8, 4) is 6.01 Å². The van der Waals surface area contributed by atoms with Crippen molar-refractivity contribution in [3.05, 3.63) is 0 Å². The average molecular weight is 267 g/mol. The van der Waals surface area contributed by atoms with Crippen LogP contribution >= 0.6 is 0 Å². The Morgan fingerprint density at radius 1 is 1.37 bits per heavy atom. The molecule has 1 fully saturated rings. The van der Waals surface area contributed by atoms with Gasteiger partial charge in [0.1, 0.15) is 0 Å². The van der Waals surface area contributed by atoms with E-state index in [1.54, 1.807) is 0 Å². The third-order valence-corrected chi connectivity index (χ3v) is 3.66. The molecule has 1 aliphatic carbocycles. The summed E-state index contributed by atoms with van der Waals surface area (Å²) in [6, 6.07) is 0.462. The van der Waals surface area contributed by atoms with Gasteiger partial charge in [-0.05, 0) is 13.3 Å². The average Bonchev–Trinajstić information content (AvgIpc) is 2.37. The first-order valence-electron chi connectivity index (χ1n) is 6.41. The van der Waals surface area contributed by atoms with Crippen molar-refractivity contribution in [2.75, 3.05) is 24.8 Å². The number of nitrogens with zero attached hydrogens (tertiary/aromatic N) is 3. The second-order valence-corrected chi connectivity index (χ2v) is 5.20. The third kappa shape index (κ3) is 2.70. The first kappa shape index (κ1) is 13.8. The van der Waals surface area contributed by atoms with Crippen molar-refractivity contribution in [2.45, 2.75) is 39.3 Å². The van der Waals surface area contributed by atoms with E-state index < -0.39 is 0 Å². The number of hydrogen-bond donors (Lipinski definition) is 2. The molecular weight excluding hydrogens is 246 g/mol. The van der Waals surface area contributed by atoms with E-state index in [-0.39, 0.29) is 29.5 Å². The molecule has 0 aliphatic heterocycles. The van der Waals surface area contributed by atoms with Crippen LogP contribution in [-0.2, 0) is 4.74 Å². The van der Waals surface area contributed by atoms with Crippen molar-refractivity contribution in [2.24, 2.45) is 5.41 Å². The van der Waals surface area contributed by atoms with Crippen LogP contribution in [0.15, 0.2) is 0 Å². The molecule has 3 N–H and O–H groups in total. The lowest BCUT2D eigenvalue weighted by Crippen LogP contribution is -2.58. The number of ether oxygens (including phenoxy) is 2. The zero-order valence-corrected chi connectivity index (χ0v) is 11.8. The van der Waals surface area contributed by atoms with Crippen molar-refractivity contribution >= 4 is 11.9 Å². The minimum absolute atomic E-state index is 0.0324. The molecule has 2 unspecified atom stereocenters. The van der Waals surface area contributed by atoms with E-state index in [4.69, 9.17) is 15.2 Å². The van der Waals surface area contributed by atoms with Gasteiger partial charge in [0.15, 0.2) is 0 Å². The molecule has 0 amide bonds. The van der Waals surface area contributed by atoms with Crippen LogP contribution in [0.5, 0.6) is 6.01 Å². The molecule has 7 nitrogen and oxygen atoms in total. The maximum atomic E-state index is 5.69. The summed E-state index contributed by atoms with van der Waals surface area (Å²) >= 11 is 0. The maximum Gasteiger partial charge on any atom is 0.322 e. The lowest BCUT2D eigenvalue weighted by molar-refractivity contribution is -0.0977. The number of hydrogen-bond acceptors (Lipinski definition) is 7. The second-order valence-electron chi connectivity index (χ2n) is 5.20. The van der Waals surface area contributed by atoms with Crippen LogP contribution in [0, 0.1) is 5.41 Å². The van der Waals surface area contributed by atoms with Gasteiger partial charge in [-0.2, -0.15) is 15.0 Å². The fraction of sp³-hybridized carbons (Fsp3) is 0.750. The standard InChI is InChI=1S/C12H21N5O2/c1-5-19-8-6-7(12(8,2)3)14-10-15-9(13)16-11(17-10)18-4/h7-8H,5-6H2,1-4H3,(H3,13,14,15,16,17). The van der Waals surface area contributed by atoms with E-state index in [9.17, 15) is 0 Å². The van der Waals surface area contributed by atoms with Crippen molar-refractivity contribution in [3.63, 3.8) is 0 Å². The molecule has 0 aromatic carbocycles. The van der Waals surface area contributed by atoms with E-state index in [0.717, 1.165) is 13.0 Å². The van der Waals surface area contributed by atoms with E-state index >= 15 is 0 Å². The Morgan fingerprint density at radius 3 is 2.68 bits per heavy atom. The van der Waals surface area contributed by atoms with Crippen LogP contribution in [-0.4, -0.2) is 40.8 Å². The summed E-state index contributed by atoms with van der Waals surface area (Å²) in [5, 5.41) is 3.27. The maximum absolute atomic E-state index is 5.69. The van der Waals surface area contributed by atoms with Gasteiger partial charge in [-0.25, -0.2) is 0 Å². The lowest BCUT2D eigenvalue weighted by atomic mass is 9.64. The van der Waals surface area contributed by atoms with Gasteiger partial charge in [0.05, 0.1) is 13.2 Å². The molecule has 19 heavy (non-hydrogen) atoms. The highest BCUT2D eigenvalue weighted by Gasteiger charge is 2.49. The van der Waals surface area contributed by atoms with E-state index in [2.05, 4.69) is 34.1 Å². The predicted molar refractivity (Wildman–Crippen MR) is 72.0 cm³/mol. The lowest BCUT2D eigenvalue weighted by Gasteiger charge is -2.51. The molecule has 1 aromatic rings. The molecule has 1 heterocycles. The van der Waals surface area contributed by atoms with Crippen molar-refractivity contribution in [1.82, 2.24) is 15.0 Å². The topological polar surface area (TPSA) is 95.2 Å². The van der Waals surface area contributed by atoms with Gasteiger partial charge in [-0.3, -0.25) is 0 Å². The highest BCUT2D eigenvalue weighted by Crippen LogP contribution is 2.44. The number of nitrogen functional groups attached to an aromatic ring is 1. The zero-order valence-electron chi connectivity index (χ0n) is 11.8. The van der Waals surface area contributed by atoms with Gasteiger partial charge in [0.2, 0.25) is 11.9 Å². The summed E-state index contributed by atoms with van der Waals surface area (Å²) in [6.07, 6.45) is 1.19. The molecule has 1 saturated carbocycles. The van der Waals surface area contributed by atoms with Gasteiger partial charge in [0, 0.05) is 18.1 Å². The number of nitrogens with two attached hydrogens (primary N) is 1. The van der Waals surface area contributed by atoms with Gasteiger partial charge in [-0.1, -0.05) is 13.8 Å². The van der Waals surface area contributed by atoms with Crippen molar-refractivity contribution in [1.29, 1.82) is 0 Å². The Hall–Kier alpha value is -1.63. The summed E-state index contributed by atoms with van der Waals surface area (Å²) in [7, 11) is 1.50. The number of aromatic nitrogens is 3. The predicted octanol–water partition coefficient (Wildman–Crippen LogP) is 1.08. The van der Waals surface area contributed by atoms with Crippen LogP contribution in [0.2, 0.25) is 0 Å². The molecule has 1 aliphatic rings. The first-order chi connectivity index (χ1) is 8.97. The molecule has 1 aromatic heterocycles. The zero-order chi connectivity index (χ0) is 14.0. The van der Waals surface area contributed by atoms with Crippen LogP contribution in [0.25, 0.3) is 0 Å². The molecule has 106 valence electrons. The van der Waals surface area contributed by atoms with Gasteiger partial charge < -0.3 is 20.5 Å². The fourth-order valence-corrected chi connectivity index (χ4v) is 2.30. The SMILES string of the molecule is CCOC1CC(Nc2nc(N)nc(OC)n2)C1(C)C. The number of rotatable bonds is 5. The van der Waals surface area contributed by atoms with E-state index in [0.29, 0.717) is 5.95 Å².